The van der Waals surface area contributed by atoms with Crippen LogP contribution in [0.15, 0.2) is 0 Å². The van der Waals surface area contributed by atoms with Crippen LogP contribution in [0.25, 0.3) is 0 Å². The molecule has 5 nitrogen and oxygen atoms in total. The summed E-state index contributed by atoms with van der Waals surface area (Å²) in [7, 11) is 0. The normalized spacial score (nSPS) is 21.4. The molecule has 1 saturated heterocycles. The van der Waals surface area contributed by atoms with Gasteiger partial charge in [-0.3, -0.25) is 19.7 Å². The van der Waals surface area contributed by atoms with E-state index < -0.39 is 5.25 Å². The van der Waals surface area contributed by atoms with E-state index in [0.717, 1.165) is 11.8 Å². The third kappa shape index (κ3) is 3.91. The Bertz CT molecular complexity index is 309. The van der Waals surface area contributed by atoms with Gasteiger partial charge in [-0.25, -0.2) is 0 Å². The number of thioether (sulfide) groups is 1. The molecule has 2 N–H and O–H groups in total. The molecule has 0 aromatic carbocycles. The Kier molecular flexibility index (Phi) is 3.38. The van der Waals surface area contributed by atoms with Crippen molar-refractivity contribution in [1.29, 1.82) is 0 Å². The molecule has 0 spiro atoms. The zero-order chi connectivity index (χ0) is 11.6. The third-order valence-corrected chi connectivity index (χ3v) is 2.63. The van der Waals surface area contributed by atoms with E-state index >= 15 is 0 Å². The van der Waals surface area contributed by atoms with Gasteiger partial charge in [0.15, 0.2) is 0 Å². The Labute approximate surface area is 92.4 Å². The molecule has 6 heteroatoms. The van der Waals surface area contributed by atoms with Gasteiger partial charge in [0.1, 0.15) is 5.25 Å². The quantitative estimate of drug-likeness (QED) is 0.730. The predicted molar refractivity (Wildman–Crippen MR) is 57.4 cm³/mol. The minimum Gasteiger partial charge on any atom is -0.351 e. The molecule has 1 unspecified atom stereocenters. The summed E-state index contributed by atoms with van der Waals surface area (Å²) in [6.45, 7) is 5.58. The van der Waals surface area contributed by atoms with Crippen LogP contribution in [0.5, 0.6) is 0 Å². The number of amides is 3. The molecule has 0 aromatic rings. The molecule has 1 rings (SSSR count). The second kappa shape index (κ2) is 4.22. The van der Waals surface area contributed by atoms with E-state index in [-0.39, 0.29) is 29.0 Å². The van der Waals surface area contributed by atoms with E-state index in [1.165, 1.54) is 0 Å². The summed E-state index contributed by atoms with van der Waals surface area (Å²) in [6.07, 6.45) is 0.0412. The molecule has 1 aliphatic heterocycles. The van der Waals surface area contributed by atoms with Gasteiger partial charge in [0, 0.05) is 12.0 Å². The number of carbonyl (C=O) groups excluding carboxylic acids is 3. The number of hydrogen-bond donors (Lipinski definition) is 2. The van der Waals surface area contributed by atoms with Gasteiger partial charge in [-0.05, 0) is 20.8 Å². The first-order valence-corrected chi connectivity index (χ1v) is 5.48. The highest BCUT2D eigenvalue weighted by Gasteiger charge is 2.33. The van der Waals surface area contributed by atoms with Crippen LogP contribution in [0.1, 0.15) is 27.2 Å². The molecule has 15 heavy (non-hydrogen) atoms. The molecule has 84 valence electrons. The Morgan fingerprint density at radius 2 is 2.07 bits per heavy atom. The molecule has 0 aromatic heterocycles. The van der Waals surface area contributed by atoms with E-state index in [1.807, 2.05) is 20.8 Å². The van der Waals surface area contributed by atoms with Crippen molar-refractivity contribution in [1.82, 2.24) is 10.6 Å². The second-order valence-corrected chi connectivity index (χ2v) is 5.56. The fraction of sp³-hybridized carbons (Fsp3) is 0.667. The standard InChI is InChI=1S/C9H14N2O3S/c1-9(2,3)11-6(12)4-5-7(13)10-8(14)15-5/h5H,4H2,1-3H3,(H,11,12)(H,10,13,14). The van der Waals surface area contributed by atoms with E-state index in [2.05, 4.69) is 10.6 Å². The first-order valence-electron chi connectivity index (χ1n) is 4.60. The summed E-state index contributed by atoms with van der Waals surface area (Å²) < 4.78 is 0. The summed E-state index contributed by atoms with van der Waals surface area (Å²) in [4.78, 5) is 33.4. The summed E-state index contributed by atoms with van der Waals surface area (Å²) >= 11 is 0.868. The number of rotatable bonds is 2. The van der Waals surface area contributed by atoms with Crippen molar-refractivity contribution in [2.75, 3.05) is 0 Å². The molecule has 1 atom stereocenters. The monoisotopic (exact) mass is 230 g/mol. The van der Waals surface area contributed by atoms with Gasteiger partial charge in [0.25, 0.3) is 5.24 Å². The average molecular weight is 230 g/mol. The second-order valence-electron chi connectivity index (χ2n) is 4.39. The maximum absolute atomic E-state index is 11.5. The zero-order valence-electron chi connectivity index (χ0n) is 8.92. The first kappa shape index (κ1) is 12.0. The zero-order valence-corrected chi connectivity index (χ0v) is 9.73. The van der Waals surface area contributed by atoms with Gasteiger partial charge in [-0.15, -0.1) is 0 Å². The molecule has 1 heterocycles. The van der Waals surface area contributed by atoms with E-state index in [1.54, 1.807) is 0 Å². The maximum Gasteiger partial charge on any atom is 0.286 e. The topological polar surface area (TPSA) is 75.3 Å². The van der Waals surface area contributed by atoms with Crippen LogP contribution in [0.2, 0.25) is 0 Å². The van der Waals surface area contributed by atoms with Crippen LogP contribution in [0.4, 0.5) is 4.79 Å². The Morgan fingerprint density at radius 1 is 1.47 bits per heavy atom. The van der Waals surface area contributed by atoms with E-state index in [0.29, 0.717) is 0 Å². The SMILES string of the molecule is CC(C)(C)NC(=O)CC1SC(=O)NC1=O. The first-order chi connectivity index (χ1) is 6.78. The highest BCUT2D eigenvalue weighted by Crippen LogP contribution is 2.21. The average Bonchev–Trinajstić information content (AvgIpc) is 2.25. The van der Waals surface area contributed by atoms with Gasteiger partial charge in [-0.1, -0.05) is 11.8 Å². The van der Waals surface area contributed by atoms with Crippen molar-refractivity contribution in [2.45, 2.75) is 38.0 Å². The molecule has 3 amide bonds. The van der Waals surface area contributed by atoms with Crippen LogP contribution >= 0.6 is 11.8 Å². The van der Waals surface area contributed by atoms with Crippen molar-refractivity contribution < 1.29 is 14.4 Å². The third-order valence-electron chi connectivity index (χ3n) is 1.65. The summed E-state index contributed by atoms with van der Waals surface area (Å²) in [6, 6.07) is 0. The Balaban J connectivity index is 2.45. The van der Waals surface area contributed by atoms with Crippen molar-refractivity contribution >= 4 is 28.8 Å². The molecule has 0 radical (unpaired) electrons. The largest absolute Gasteiger partial charge is 0.351 e. The molecule has 1 fully saturated rings. The van der Waals surface area contributed by atoms with Gasteiger partial charge in [0.2, 0.25) is 11.8 Å². The minimum absolute atomic E-state index is 0.0412. The van der Waals surface area contributed by atoms with Crippen molar-refractivity contribution in [3.8, 4) is 0 Å². The number of hydrogen-bond acceptors (Lipinski definition) is 4. The number of nitrogens with one attached hydrogen (secondary N) is 2. The maximum atomic E-state index is 11.5. The van der Waals surface area contributed by atoms with Gasteiger partial charge in [0.05, 0.1) is 0 Å². The van der Waals surface area contributed by atoms with Crippen LogP contribution in [-0.4, -0.2) is 27.8 Å². The van der Waals surface area contributed by atoms with Crippen LogP contribution in [0.3, 0.4) is 0 Å². The number of carbonyl (C=O) groups is 3. The van der Waals surface area contributed by atoms with Crippen LogP contribution in [0, 0.1) is 0 Å². The highest BCUT2D eigenvalue weighted by atomic mass is 32.2. The lowest BCUT2D eigenvalue weighted by Crippen LogP contribution is -2.42. The van der Waals surface area contributed by atoms with Gasteiger partial charge < -0.3 is 5.32 Å². The lowest BCUT2D eigenvalue weighted by Gasteiger charge is -2.20. The van der Waals surface area contributed by atoms with E-state index in [9.17, 15) is 14.4 Å². The minimum atomic E-state index is -0.583. The van der Waals surface area contributed by atoms with Gasteiger partial charge in [-0.2, -0.15) is 0 Å². The smallest absolute Gasteiger partial charge is 0.286 e. The highest BCUT2D eigenvalue weighted by molar-refractivity contribution is 8.15. The number of imide groups is 1. The lowest BCUT2D eigenvalue weighted by molar-refractivity contribution is -0.126. The Hall–Kier alpha value is -1.04. The van der Waals surface area contributed by atoms with Crippen molar-refractivity contribution in [3.05, 3.63) is 0 Å². The molecule has 0 aliphatic carbocycles. The lowest BCUT2D eigenvalue weighted by atomic mass is 10.1. The Morgan fingerprint density at radius 3 is 2.47 bits per heavy atom. The molecule has 0 bridgehead atoms. The summed E-state index contributed by atoms with van der Waals surface area (Å²) in [5, 5.41) is 3.91. The van der Waals surface area contributed by atoms with Crippen molar-refractivity contribution in [2.24, 2.45) is 0 Å². The van der Waals surface area contributed by atoms with Crippen molar-refractivity contribution in [3.63, 3.8) is 0 Å². The van der Waals surface area contributed by atoms with E-state index in [4.69, 9.17) is 0 Å². The molecule has 0 saturated carbocycles. The summed E-state index contributed by atoms with van der Waals surface area (Å²) in [5.41, 5.74) is -0.319. The predicted octanol–water partition coefficient (Wildman–Crippen LogP) is 0.643. The summed E-state index contributed by atoms with van der Waals surface area (Å²) in [5.74, 6) is -0.598. The van der Waals surface area contributed by atoms with Gasteiger partial charge >= 0.3 is 0 Å². The van der Waals surface area contributed by atoms with Crippen LogP contribution < -0.4 is 10.6 Å². The van der Waals surface area contributed by atoms with Crippen LogP contribution in [-0.2, 0) is 9.59 Å². The molecular weight excluding hydrogens is 216 g/mol. The fourth-order valence-corrected chi connectivity index (χ4v) is 1.98. The molecular formula is C9H14N2O3S. The fourth-order valence-electron chi connectivity index (χ4n) is 1.17. The molecule has 1 aliphatic rings.